The standard InChI is InChI=1S/C17H21BrN2S/c1-2-5-14-11-20(12-17-15(18)8-9-21-17)16-7-4-3-6-13(16)10-19-14/h3-4,6-9,14,19H,2,5,10-12H2,1H3. The van der Waals surface area contributed by atoms with E-state index in [2.05, 4.69) is 68.8 Å². The minimum absolute atomic E-state index is 0.570. The van der Waals surface area contributed by atoms with Crippen LogP contribution in [0.15, 0.2) is 40.2 Å². The zero-order chi connectivity index (χ0) is 14.7. The Morgan fingerprint density at radius 2 is 2.19 bits per heavy atom. The SMILES string of the molecule is CCCC1CN(Cc2sccc2Br)c2ccccc2CN1. The van der Waals surface area contributed by atoms with Crippen LogP contribution in [0, 0.1) is 0 Å². The molecule has 0 saturated carbocycles. The Bertz CT molecular complexity index is 596. The average Bonchev–Trinajstić information content (AvgIpc) is 2.80. The molecular weight excluding hydrogens is 344 g/mol. The fraction of sp³-hybridized carbons (Fsp3) is 0.412. The van der Waals surface area contributed by atoms with Crippen LogP contribution in [0.4, 0.5) is 5.69 Å². The maximum absolute atomic E-state index is 3.71. The summed E-state index contributed by atoms with van der Waals surface area (Å²) in [6, 6.07) is 11.5. The summed E-state index contributed by atoms with van der Waals surface area (Å²) in [5.41, 5.74) is 2.78. The third-order valence-corrected chi connectivity index (χ3v) is 5.93. The number of nitrogens with zero attached hydrogens (tertiary/aromatic N) is 1. The minimum Gasteiger partial charge on any atom is -0.365 e. The molecule has 1 aliphatic heterocycles. The molecule has 0 fully saturated rings. The molecule has 2 aromatic rings. The van der Waals surface area contributed by atoms with Crippen molar-refractivity contribution in [3.05, 3.63) is 50.6 Å². The summed E-state index contributed by atoms with van der Waals surface area (Å²) in [7, 11) is 0. The summed E-state index contributed by atoms with van der Waals surface area (Å²) in [6.45, 7) is 5.30. The fourth-order valence-electron chi connectivity index (χ4n) is 2.95. The molecule has 2 heterocycles. The molecule has 0 amide bonds. The zero-order valence-corrected chi connectivity index (χ0v) is 14.7. The van der Waals surface area contributed by atoms with Crippen LogP contribution in [0.1, 0.15) is 30.2 Å². The van der Waals surface area contributed by atoms with Crippen LogP contribution in [0.3, 0.4) is 0 Å². The van der Waals surface area contributed by atoms with Gasteiger partial charge in [0.2, 0.25) is 0 Å². The predicted molar refractivity (Wildman–Crippen MR) is 95.0 cm³/mol. The maximum atomic E-state index is 3.71. The molecule has 1 unspecified atom stereocenters. The van der Waals surface area contributed by atoms with Crippen molar-refractivity contribution >= 4 is 33.0 Å². The molecule has 1 N–H and O–H groups in total. The Morgan fingerprint density at radius 3 is 2.95 bits per heavy atom. The van der Waals surface area contributed by atoms with Gasteiger partial charge in [0.25, 0.3) is 0 Å². The predicted octanol–water partition coefficient (Wildman–Crippen LogP) is 4.79. The van der Waals surface area contributed by atoms with E-state index in [9.17, 15) is 0 Å². The lowest BCUT2D eigenvalue weighted by Gasteiger charge is -2.27. The van der Waals surface area contributed by atoms with Gasteiger partial charge in [-0.2, -0.15) is 0 Å². The number of rotatable bonds is 4. The number of thiophene rings is 1. The topological polar surface area (TPSA) is 15.3 Å². The quantitative estimate of drug-likeness (QED) is 0.838. The van der Waals surface area contributed by atoms with E-state index >= 15 is 0 Å². The molecule has 1 aromatic heterocycles. The maximum Gasteiger partial charge on any atom is 0.0534 e. The van der Waals surface area contributed by atoms with Gasteiger partial charge in [0, 0.05) is 34.2 Å². The van der Waals surface area contributed by atoms with Gasteiger partial charge in [-0.05, 0) is 45.4 Å². The summed E-state index contributed by atoms with van der Waals surface area (Å²) < 4.78 is 1.23. The van der Waals surface area contributed by atoms with E-state index in [1.54, 1.807) is 0 Å². The normalized spacial score (nSPS) is 18.4. The van der Waals surface area contributed by atoms with Crippen LogP contribution in [-0.2, 0) is 13.1 Å². The van der Waals surface area contributed by atoms with Gasteiger partial charge in [0.1, 0.15) is 0 Å². The van der Waals surface area contributed by atoms with E-state index in [-0.39, 0.29) is 0 Å². The molecule has 1 atom stereocenters. The summed E-state index contributed by atoms with van der Waals surface area (Å²) in [6.07, 6.45) is 2.46. The number of para-hydroxylation sites is 1. The third-order valence-electron chi connectivity index (χ3n) is 4.02. The van der Waals surface area contributed by atoms with E-state index < -0.39 is 0 Å². The highest BCUT2D eigenvalue weighted by Gasteiger charge is 2.21. The van der Waals surface area contributed by atoms with Gasteiger partial charge >= 0.3 is 0 Å². The number of halogens is 1. The molecule has 0 radical (unpaired) electrons. The lowest BCUT2D eigenvalue weighted by molar-refractivity contribution is 0.480. The second kappa shape index (κ2) is 6.95. The summed E-state index contributed by atoms with van der Waals surface area (Å²) >= 11 is 5.50. The molecule has 112 valence electrons. The van der Waals surface area contributed by atoms with Crippen LogP contribution >= 0.6 is 27.3 Å². The van der Waals surface area contributed by atoms with Crippen molar-refractivity contribution in [3.63, 3.8) is 0 Å². The van der Waals surface area contributed by atoms with Gasteiger partial charge in [-0.15, -0.1) is 11.3 Å². The number of fused-ring (bicyclic) bond motifs is 1. The lowest BCUT2D eigenvalue weighted by Crippen LogP contribution is -2.37. The highest BCUT2D eigenvalue weighted by atomic mass is 79.9. The molecule has 3 rings (SSSR count). The van der Waals surface area contributed by atoms with Gasteiger partial charge in [-0.3, -0.25) is 0 Å². The molecule has 21 heavy (non-hydrogen) atoms. The van der Waals surface area contributed by atoms with Crippen molar-refractivity contribution in [2.45, 2.75) is 38.9 Å². The van der Waals surface area contributed by atoms with Gasteiger partial charge in [-0.1, -0.05) is 31.5 Å². The highest BCUT2D eigenvalue weighted by molar-refractivity contribution is 9.10. The first-order valence-electron chi connectivity index (χ1n) is 7.56. The Balaban J connectivity index is 1.88. The van der Waals surface area contributed by atoms with Gasteiger partial charge < -0.3 is 10.2 Å². The zero-order valence-electron chi connectivity index (χ0n) is 12.3. The molecule has 2 nitrogen and oxygen atoms in total. The molecule has 1 aromatic carbocycles. The van der Waals surface area contributed by atoms with Crippen LogP contribution in [0.25, 0.3) is 0 Å². The summed E-state index contributed by atoms with van der Waals surface area (Å²) in [4.78, 5) is 3.94. The number of anilines is 1. The van der Waals surface area contributed by atoms with Crippen molar-refractivity contribution in [1.29, 1.82) is 0 Å². The number of nitrogens with one attached hydrogen (secondary N) is 1. The van der Waals surface area contributed by atoms with E-state index in [4.69, 9.17) is 0 Å². The fourth-order valence-corrected chi connectivity index (χ4v) is 4.45. The number of benzene rings is 1. The van der Waals surface area contributed by atoms with E-state index in [1.165, 1.54) is 33.4 Å². The first-order valence-corrected chi connectivity index (χ1v) is 9.23. The number of hydrogen-bond acceptors (Lipinski definition) is 3. The van der Waals surface area contributed by atoms with Crippen LogP contribution in [0.5, 0.6) is 0 Å². The van der Waals surface area contributed by atoms with Crippen molar-refractivity contribution < 1.29 is 0 Å². The first kappa shape index (κ1) is 15.1. The van der Waals surface area contributed by atoms with Crippen molar-refractivity contribution in [2.24, 2.45) is 0 Å². The molecule has 4 heteroatoms. The van der Waals surface area contributed by atoms with Gasteiger partial charge in [0.05, 0.1) is 6.54 Å². The van der Waals surface area contributed by atoms with E-state index in [1.807, 2.05) is 11.3 Å². The van der Waals surface area contributed by atoms with Gasteiger partial charge in [-0.25, -0.2) is 0 Å². The van der Waals surface area contributed by atoms with Crippen LogP contribution < -0.4 is 10.2 Å². The van der Waals surface area contributed by atoms with Crippen LogP contribution in [-0.4, -0.2) is 12.6 Å². The third kappa shape index (κ3) is 3.50. The lowest BCUT2D eigenvalue weighted by atomic mass is 10.1. The largest absolute Gasteiger partial charge is 0.365 e. The summed E-state index contributed by atoms with van der Waals surface area (Å²) in [5, 5.41) is 5.87. The Labute approximate surface area is 139 Å². The van der Waals surface area contributed by atoms with Crippen molar-refractivity contribution in [2.75, 3.05) is 11.4 Å². The number of hydrogen-bond donors (Lipinski definition) is 1. The van der Waals surface area contributed by atoms with Crippen molar-refractivity contribution in [3.8, 4) is 0 Å². The Morgan fingerprint density at radius 1 is 1.33 bits per heavy atom. The summed E-state index contributed by atoms with van der Waals surface area (Å²) in [5.74, 6) is 0. The molecule has 0 saturated heterocycles. The average molecular weight is 365 g/mol. The van der Waals surface area contributed by atoms with E-state index in [0.29, 0.717) is 6.04 Å². The smallest absolute Gasteiger partial charge is 0.0534 e. The van der Waals surface area contributed by atoms with Crippen molar-refractivity contribution in [1.82, 2.24) is 5.32 Å². The highest BCUT2D eigenvalue weighted by Crippen LogP contribution is 2.30. The first-order chi connectivity index (χ1) is 10.3. The molecule has 0 spiro atoms. The van der Waals surface area contributed by atoms with Crippen LogP contribution in [0.2, 0.25) is 0 Å². The molecular formula is C17H21BrN2S. The second-order valence-electron chi connectivity index (χ2n) is 5.57. The Kier molecular flexibility index (Phi) is 4.99. The molecule has 0 aliphatic carbocycles. The van der Waals surface area contributed by atoms with E-state index in [0.717, 1.165) is 19.6 Å². The Hall–Kier alpha value is -0.840. The molecule has 1 aliphatic rings. The van der Waals surface area contributed by atoms with Gasteiger partial charge in [0.15, 0.2) is 0 Å². The monoisotopic (exact) mass is 364 g/mol. The molecule has 0 bridgehead atoms. The minimum atomic E-state index is 0.570. The second-order valence-corrected chi connectivity index (χ2v) is 7.42.